The lowest BCUT2D eigenvalue weighted by atomic mass is 10.0. The molecule has 4 heterocycles. The predicted molar refractivity (Wildman–Crippen MR) is 191 cm³/mol. The van der Waals surface area contributed by atoms with Gasteiger partial charge in [-0.3, -0.25) is 39.0 Å². The maximum absolute atomic E-state index is 13.7. The zero-order valence-electron chi connectivity index (χ0n) is 28.2. The van der Waals surface area contributed by atoms with E-state index in [1.165, 1.54) is 76.7 Å². The summed E-state index contributed by atoms with van der Waals surface area (Å²) in [6.45, 7) is 0. The fourth-order valence-electron chi connectivity index (χ4n) is 5.62. The number of rotatable bonds is 8. The van der Waals surface area contributed by atoms with Gasteiger partial charge in [0.2, 0.25) is 0 Å². The van der Waals surface area contributed by atoms with Crippen molar-refractivity contribution in [2.24, 2.45) is 0 Å². The molecule has 0 unspecified atom stereocenters. The molecule has 268 valence electrons. The Morgan fingerprint density at radius 1 is 0.604 bits per heavy atom. The molecule has 6 aromatic rings. The molecular weight excluding hydrogens is 692 g/mol. The highest BCUT2D eigenvalue weighted by Crippen LogP contribution is 2.21. The first-order chi connectivity index (χ1) is 25.1. The van der Waals surface area contributed by atoms with Crippen LogP contribution in [0.4, 0.5) is 0 Å². The zero-order chi connectivity index (χ0) is 38.5. The van der Waals surface area contributed by atoms with Crippen molar-refractivity contribution in [3.8, 4) is 11.4 Å². The second-order valence-electron chi connectivity index (χ2n) is 12.0. The Balaban J connectivity index is 1.55. The normalized spacial score (nSPS) is 10.9. The molecule has 0 atom stereocenters. The van der Waals surface area contributed by atoms with Gasteiger partial charge in [0, 0.05) is 28.2 Å². The van der Waals surface area contributed by atoms with Crippen LogP contribution in [0.1, 0.15) is 52.6 Å². The molecule has 6 N–H and O–H groups in total. The lowest BCUT2D eigenvalue weighted by Gasteiger charge is -2.12. The lowest BCUT2D eigenvalue weighted by Crippen LogP contribution is -2.28. The molecule has 0 fully saturated rings. The maximum Gasteiger partial charge on any atom is 0.335 e. The van der Waals surface area contributed by atoms with Crippen LogP contribution < -0.4 is 22.2 Å². The van der Waals surface area contributed by atoms with E-state index in [0.717, 1.165) is 31.3 Å². The summed E-state index contributed by atoms with van der Waals surface area (Å²) in [4.78, 5) is 111. The van der Waals surface area contributed by atoms with Crippen LogP contribution in [-0.2, 0) is 0 Å². The van der Waals surface area contributed by atoms with Gasteiger partial charge in [-0.15, -0.1) is 5.73 Å². The number of aromatic amines is 4. The molecule has 0 radical (unpaired) electrons. The summed E-state index contributed by atoms with van der Waals surface area (Å²) in [5.41, 5.74) is -1.56. The van der Waals surface area contributed by atoms with E-state index in [0.29, 0.717) is 0 Å². The number of H-pyrrole nitrogens is 4. The Morgan fingerprint density at radius 2 is 0.943 bits per heavy atom. The molecule has 6 rings (SSSR count). The number of carboxylic acid groups (broad SMARTS) is 2. The second-order valence-corrected chi connectivity index (χ2v) is 12.0. The first-order valence-electron chi connectivity index (χ1n) is 15.5. The fourth-order valence-corrected chi connectivity index (χ4v) is 5.62. The molecule has 2 amide bonds. The molecule has 0 spiro atoms. The van der Waals surface area contributed by atoms with Gasteiger partial charge < -0.3 is 30.0 Å². The number of benzene rings is 2. The van der Waals surface area contributed by atoms with Gasteiger partial charge in [-0.25, -0.2) is 19.0 Å². The van der Waals surface area contributed by atoms with E-state index in [9.17, 15) is 48.6 Å². The summed E-state index contributed by atoms with van der Waals surface area (Å²) in [6, 6.07) is 10.6. The van der Waals surface area contributed by atoms with E-state index in [-0.39, 0.29) is 66.8 Å². The van der Waals surface area contributed by atoms with Gasteiger partial charge >= 0.3 is 11.9 Å². The Labute approximate surface area is 295 Å². The Kier molecular flexibility index (Phi) is 8.74. The van der Waals surface area contributed by atoms with Gasteiger partial charge in [0.05, 0.1) is 55.5 Å². The molecule has 18 nitrogen and oxygen atoms in total. The number of hydrogen-bond donors (Lipinski definition) is 6. The molecule has 0 saturated heterocycles. The molecular formula is C35H28N8O10. The summed E-state index contributed by atoms with van der Waals surface area (Å²) < 4.78 is 2.06. The average molecular weight is 721 g/mol. The van der Waals surface area contributed by atoms with E-state index in [1.807, 2.05) is 0 Å². The molecule has 18 heteroatoms. The highest BCUT2D eigenvalue weighted by atomic mass is 16.4. The van der Waals surface area contributed by atoms with Gasteiger partial charge in [0.15, 0.2) is 0 Å². The van der Waals surface area contributed by atoms with Crippen molar-refractivity contribution in [3.05, 3.63) is 129 Å². The molecule has 0 aliphatic carbocycles. The van der Waals surface area contributed by atoms with Crippen molar-refractivity contribution >= 4 is 58.0 Å². The van der Waals surface area contributed by atoms with Gasteiger partial charge in [0.25, 0.3) is 34.1 Å². The predicted octanol–water partition coefficient (Wildman–Crippen LogP) is 1.45. The van der Waals surface area contributed by atoms with Crippen LogP contribution in [-0.4, -0.2) is 101 Å². The third-order valence-corrected chi connectivity index (χ3v) is 8.23. The van der Waals surface area contributed by atoms with E-state index in [2.05, 4.69) is 25.9 Å². The van der Waals surface area contributed by atoms with Crippen LogP contribution in [0.3, 0.4) is 0 Å². The van der Waals surface area contributed by atoms with E-state index in [1.54, 1.807) is 0 Å². The van der Waals surface area contributed by atoms with Crippen molar-refractivity contribution < 1.29 is 29.4 Å². The van der Waals surface area contributed by atoms with Gasteiger partial charge in [-0.2, -0.15) is 0 Å². The van der Waals surface area contributed by atoms with Gasteiger partial charge in [0.1, 0.15) is 11.3 Å². The molecule has 53 heavy (non-hydrogen) atoms. The topological polar surface area (TPSA) is 257 Å². The van der Waals surface area contributed by atoms with E-state index in [4.69, 9.17) is 0 Å². The Bertz CT molecular complexity index is 2650. The number of hydrogen-bond acceptors (Lipinski definition) is 8. The monoisotopic (exact) mass is 720 g/mol. The van der Waals surface area contributed by atoms with E-state index >= 15 is 0 Å². The van der Waals surface area contributed by atoms with Crippen molar-refractivity contribution in [1.82, 2.24) is 39.3 Å². The fraction of sp³-hybridized carbons (Fsp3) is 0.114. The van der Waals surface area contributed by atoms with Crippen LogP contribution in [0.2, 0.25) is 0 Å². The molecule has 0 aliphatic rings. The van der Waals surface area contributed by atoms with Crippen LogP contribution in [0.15, 0.2) is 73.4 Å². The number of fused-ring (bicyclic) bond motifs is 2. The number of amides is 2. The first kappa shape index (κ1) is 35.1. The summed E-state index contributed by atoms with van der Waals surface area (Å²) in [5.74, 6) is -3.82. The number of carbonyl (C=O) groups is 4. The number of carboxylic acids is 2. The maximum atomic E-state index is 13.7. The molecule has 4 aromatic heterocycles. The van der Waals surface area contributed by atoms with Crippen molar-refractivity contribution in [1.29, 1.82) is 0 Å². The number of aromatic carboxylic acids is 2. The molecule has 2 aromatic carbocycles. The molecule has 0 bridgehead atoms. The number of nitrogens with one attached hydrogen (secondary N) is 4. The second kappa shape index (κ2) is 13.2. The summed E-state index contributed by atoms with van der Waals surface area (Å²) >= 11 is 0. The average Bonchev–Trinajstić information content (AvgIpc) is 3.62. The van der Waals surface area contributed by atoms with Crippen molar-refractivity contribution in [3.63, 3.8) is 0 Å². The standard InChI is InChI=1S/C35H28N8O10/c1-40(2)30(46)22-20(28(44)36-26-24(22)32(48)42(38-26)18-12-8-16(9-13-18)34(50)51)6-5-7-21-23(31(47)41(3)4)25-27(37-29(21)45)39-43(33(25)49)19-14-10-17(11-15-19)35(52)53/h6-15H,1-4H3,(H,50,51)(H,52,53)(H2,36,38,44)(H2,37,39,45). The highest BCUT2D eigenvalue weighted by Gasteiger charge is 2.26. The third kappa shape index (κ3) is 6.06. The van der Waals surface area contributed by atoms with Crippen LogP contribution >= 0.6 is 0 Å². The Morgan fingerprint density at radius 3 is 1.25 bits per heavy atom. The molecule has 0 saturated carbocycles. The largest absolute Gasteiger partial charge is 0.478 e. The number of pyridine rings is 2. The van der Waals surface area contributed by atoms with Crippen LogP contribution in [0, 0.1) is 0 Å². The summed E-state index contributed by atoms with van der Waals surface area (Å²) in [5, 5.41) is 23.5. The quantitative estimate of drug-likeness (QED) is 0.123. The molecule has 0 aliphatic heterocycles. The summed E-state index contributed by atoms with van der Waals surface area (Å²) in [6.07, 6.45) is 2.11. The lowest BCUT2D eigenvalue weighted by molar-refractivity contribution is 0.0686. The van der Waals surface area contributed by atoms with Gasteiger partial charge in [-0.1, -0.05) is 0 Å². The SMILES string of the molecule is CN(C)C(=O)c1c(C=C=Cc2c(C(=O)N(C)C)c3c(=O)n(-c4ccc(C(=O)O)cc4)[nH]c3[nH]c2=O)c(=O)[nH]c2[nH]n(-c3ccc(C(=O)O)cc3)c(=O)c12. The minimum Gasteiger partial charge on any atom is -0.478 e. The van der Waals surface area contributed by atoms with Crippen molar-refractivity contribution in [2.45, 2.75) is 0 Å². The smallest absolute Gasteiger partial charge is 0.335 e. The number of carbonyl (C=O) groups excluding carboxylic acids is 2. The van der Waals surface area contributed by atoms with Crippen LogP contribution in [0.5, 0.6) is 0 Å². The Hall–Kier alpha value is -7.72. The van der Waals surface area contributed by atoms with Gasteiger partial charge in [-0.05, 0) is 60.7 Å². The zero-order valence-corrected chi connectivity index (χ0v) is 28.2. The number of nitrogens with zero attached hydrogens (tertiary/aromatic N) is 4. The first-order valence-corrected chi connectivity index (χ1v) is 15.5. The number of aromatic nitrogens is 6. The minimum atomic E-state index is -1.18. The van der Waals surface area contributed by atoms with E-state index < -0.39 is 46.0 Å². The summed E-state index contributed by atoms with van der Waals surface area (Å²) in [7, 11) is 5.64. The van der Waals surface area contributed by atoms with Crippen LogP contribution in [0.25, 0.3) is 45.6 Å². The van der Waals surface area contributed by atoms with Crippen molar-refractivity contribution in [2.75, 3.05) is 28.2 Å². The third-order valence-electron chi connectivity index (χ3n) is 8.23. The highest BCUT2D eigenvalue weighted by molar-refractivity contribution is 6.09. The minimum absolute atomic E-state index is 0.0307.